The van der Waals surface area contributed by atoms with Crippen molar-refractivity contribution in [3.63, 3.8) is 0 Å². The van der Waals surface area contributed by atoms with Crippen molar-refractivity contribution in [3.8, 4) is 11.5 Å². The van der Waals surface area contributed by atoms with Gasteiger partial charge in [0.1, 0.15) is 4.32 Å². The summed E-state index contributed by atoms with van der Waals surface area (Å²) in [5.41, 5.74) is 0.851. The number of fused-ring (bicyclic) bond motifs is 1. The molecule has 1 saturated carbocycles. The normalized spacial score (nSPS) is 19.9. The molecule has 2 aliphatic heterocycles. The molecular weight excluding hydrogens is 446 g/mol. The second kappa shape index (κ2) is 10.7. The lowest BCUT2D eigenvalue weighted by Crippen LogP contribution is -2.41. The first-order valence-corrected chi connectivity index (χ1v) is 12.3. The van der Waals surface area contributed by atoms with Gasteiger partial charge in [0, 0.05) is 19.6 Å². The van der Waals surface area contributed by atoms with Crippen LogP contribution in [0.4, 0.5) is 0 Å². The molecule has 4 rings (SSSR count). The minimum absolute atomic E-state index is 0.0235. The lowest BCUT2D eigenvalue weighted by atomic mass is 9.89. The minimum Gasteiger partial charge on any atom is -0.454 e. The highest BCUT2D eigenvalue weighted by atomic mass is 32.2. The number of nitrogens with zero attached hydrogens (tertiary/aromatic N) is 2. The topological polar surface area (TPSA) is 71.1 Å². The third-order valence-electron chi connectivity index (χ3n) is 5.93. The van der Waals surface area contributed by atoms with Crippen LogP contribution in [0.3, 0.4) is 0 Å². The molecule has 0 atom stereocenters. The monoisotopic (exact) mass is 475 g/mol. The van der Waals surface area contributed by atoms with Crippen molar-refractivity contribution in [2.24, 2.45) is 5.92 Å². The first-order valence-electron chi connectivity index (χ1n) is 11.1. The molecule has 172 valence electrons. The number of benzene rings is 1. The van der Waals surface area contributed by atoms with E-state index in [4.69, 9.17) is 21.7 Å². The maximum atomic E-state index is 12.8. The maximum absolute atomic E-state index is 12.8. The Balaban J connectivity index is 1.23. The molecule has 0 spiro atoms. The Morgan fingerprint density at radius 1 is 1.28 bits per heavy atom. The summed E-state index contributed by atoms with van der Waals surface area (Å²) in [6, 6.07) is 5.55. The fourth-order valence-corrected chi connectivity index (χ4v) is 5.64. The van der Waals surface area contributed by atoms with Crippen LogP contribution in [0.25, 0.3) is 6.08 Å². The number of rotatable bonds is 8. The van der Waals surface area contributed by atoms with Crippen LogP contribution in [0, 0.1) is 5.92 Å². The number of carbonyl (C=O) groups is 2. The molecule has 3 aliphatic rings. The fraction of sp³-hybridized carbons (Fsp3) is 0.522. The van der Waals surface area contributed by atoms with Crippen LogP contribution >= 0.6 is 24.0 Å². The Morgan fingerprint density at radius 3 is 2.88 bits per heavy atom. The zero-order valence-electron chi connectivity index (χ0n) is 18.3. The standard InChI is InChI=1S/C23H29N3O4S2/c1-25(13-16-5-3-2-4-6-16)14-21(27)24-9-10-26-22(28)20(32-23(26)31)12-17-7-8-18-19(11-17)30-15-29-18/h7-8,11-12,16H,2-6,9-10,13-15H2,1H3,(H,24,27). The van der Waals surface area contributed by atoms with Crippen molar-refractivity contribution >= 4 is 46.2 Å². The van der Waals surface area contributed by atoms with Gasteiger partial charge < -0.3 is 14.8 Å². The molecule has 1 aromatic carbocycles. The SMILES string of the molecule is CN(CC(=O)NCCN1C(=O)C(=Cc2ccc3c(c2)OCO3)SC1=S)CC1CCCCC1. The van der Waals surface area contributed by atoms with E-state index < -0.39 is 0 Å². The van der Waals surface area contributed by atoms with E-state index in [0.29, 0.717) is 46.3 Å². The summed E-state index contributed by atoms with van der Waals surface area (Å²) < 4.78 is 11.2. The number of likely N-dealkylation sites (N-methyl/N-ethyl adjacent to an activating group) is 1. The molecule has 2 heterocycles. The van der Waals surface area contributed by atoms with Crippen molar-refractivity contribution in [2.75, 3.05) is 40.0 Å². The van der Waals surface area contributed by atoms with E-state index in [-0.39, 0.29) is 18.6 Å². The Kier molecular flexibility index (Phi) is 7.70. The van der Waals surface area contributed by atoms with E-state index in [1.54, 1.807) is 11.0 Å². The van der Waals surface area contributed by atoms with Crippen LogP contribution < -0.4 is 14.8 Å². The largest absolute Gasteiger partial charge is 0.454 e. The molecule has 2 amide bonds. The second-order valence-electron chi connectivity index (χ2n) is 8.50. The van der Waals surface area contributed by atoms with Gasteiger partial charge in [0.15, 0.2) is 11.5 Å². The summed E-state index contributed by atoms with van der Waals surface area (Å²) in [6.45, 7) is 2.29. The van der Waals surface area contributed by atoms with Crippen LogP contribution in [0.1, 0.15) is 37.7 Å². The Hall–Kier alpha value is -2.10. The van der Waals surface area contributed by atoms with Gasteiger partial charge in [-0.1, -0.05) is 49.3 Å². The number of amides is 2. The third kappa shape index (κ3) is 5.82. The molecule has 0 radical (unpaired) electrons. The number of ether oxygens (including phenoxy) is 2. The highest BCUT2D eigenvalue weighted by Gasteiger charge is 2.31. The van der Waals surface area contributed by atoms with Gasteiger partial charge in [-0.15, -0.1) is 0 Å². The van der Waals surface area contributed by atoms with E-state index >= 15 is 0 Å². The predicted octanol–water partition coefficient (Wildman–Crippen LogP) is 3.24. The number of thioether (sulfide) groups is 1. The molecular formula is C23H29N3O4S2. The fourth-order valence-electron chi connectivity index (χ4n) is 4.33. The van der Waals surface area contributed by atoms with E-state index in [2.05, 4.69) is 10.2 Å². The highest BCUT2D eigenvalue weighted by molar-refractivity contribution is 8.26. The average Bonchev–Trinajstić information content (AvgIpc) is 3.33. The quantitative estimate of drug-likeness (QED) is 0.457. The summed E-state index contributed by atoms with van der Waals surface area (Å²) in [7, 11) is 2.00. The predicted molar refractivity (Wildman–Crippen MR) is 130 cm³/mol. The molecule has 0 unspecified atom stereocenters. The summed E-state index contributed by atoms with van der Waals surface area (Å²) in [5.74, 6) is 1.92. The van der Waals surface area contributed by atoms with E-state index in [9.17, 15) is 9.59 Å². The van der Waals surface area contributed by atoms with Gasteiger partial charge in [-0.05, 0) is 49.6 Å². The van der Waals surface area contributed by atoms with Gasteiger partial charge in [-0.2, -0.15) is 0 Å². The maximum Gasteiger partial charge on any atom is 0.266 e. The van der Waals surface area contributed by atoms with Gasteiger partial charge in [0.2, 0.25) is 12.7 Å². The van der Waals surface area contributed by atoms with Crippen LogP contribution in [0.2, 0.25) is 0 Å². The molecule has 1 saturated heterocycles. The van der Waals surface area contributed by atoms with Crippen molar-refractivity contribution in [1.29, 1.82) is 0 Å². The van der Waals surface area contributed by atoms with Gasteiger partial charge in [0.25, 0.3) is 5.91 Å². The molecule has 1 N–H and O–H groups in total. The number of hydrogen-bond acceptors (Lipinski definition) is 7. The summed E-state index contributed by atoms with van der Waals surface area (Å²) in [5, 5.41) is 2.92. The van der Waals surface area contributed by atoms with Gasteiger partial charge in [0.05, 0.1) is 11.4 Å². The molecule has 0 aromatic heterocycles. The molecule has 9 heteroatoms. The molecule has 1 aromatic rings. The zero-order chi connectivity index (χ0) is 22.5. The van der Waals surface area contributed by atoms with Crippen LogP contribution in [0.15, 0.2) is 23.1 Å². The molecule has 7 nitrogen and oxygen atoms in total. The summed E-state index contributed by atoms with van der Waals surface area (Å²) in [4.78, 5) is 29.3. The number of nitrogens with one attached hydrogen (secondary N) is 1. The average molecular weight is 476 g/mol. The van der Waals surface area contributed by atoms with Gasteiger partial charge >= 0.3 is 0 Å². The lowest BCUT2D eigenvalue weighted by Gasteiger charge is -2.26. The van der Waals surface area contributed by atoms with Crippen LogP contribution in [-0.2, 0) is 9.59 Å². The lowest BCUT2D eigenvalue weighted by molar-refractivity contribution is -0.124. The molecule has 2 fully saturated rings. The number of thiocarbonyl (C=S) groups is 1. The summed E-state index contributed by atoms with van der Waals surface area (Å²) >= 11 is 6.67. The number of carbonyl (C=O) groups excluding carboxylic acids is 2. The second-order valence-corrected chi connectivity index (χ2v) is 10.2. The van der Waals surface area contributed by atoms with Gasteiger partial charge in [-0.25, -0.2) is 0 Å². The van der Waals surface area contributed by atoms with E-state index in [1.165, 1.54) is 43.9 Å². The van der Waals surface area contributed by atoms with Crippen molar-refractivity contribution in [2.45, 2.75) is 32.1 Å². The Morgan fingerprint density at radius 2 is 2.06 bits per heavy atom. The molecule has 32 heavy (non-hydrogen) atoms. The molecule has 1 aliphatic carbocycles. The minimum atomic E-state index is -0.138. The molecule has 0 bridgehead atoms. The van der Waals surface area contributed by atoms with E-state index in [0.717, 1.165) is 12.1 Å². The van der Waals surface area contributed by atoms with E-state index in [1.807, 2.05) is 25.2 Å². The Labute approximate surface area is 198 Å². The zero-order valence-corrected chi connectivity index (χ0v) is 19.9. The van der Waals surface area contributed by atoms with Crippen LogP contribution in [-0.4, -0.2) is 66.0 Å². The van der Waals surface area contributed by atoms with Crippen LogP contribution in [0.5, 0.6) is 11.5 Å². The van der Waals surface area contributed by atoms with Crippen molar-refractivity contribution < 1.29 is 19.1 Å². The third-order valence-corrected chi connectivity index (χ3v) is 7.31. The highest BCUT2D eigenvalue weighted by Crippen LogP contribution is 2.36. The first-order chi connectivity index (χ1) is 15.5. The Bertz CT molecular complexity index is 915. The van der Waals surface area contributed by atoms with Crippen molar-refractivity contribution in [3.05, 3.63) is 28.7 Å². The summed E-state index contributed by atoms with van der Waals surface area (Å²) in [6.07, 6.45) is 8.28. The number of hydrogen-bond donors (Lipinski definition) is 1. The first kappa shape index (κ1) is 23.1. The smallest absolute Gasteiger partial charge is 0.266 e. The van der Waals surface area contributed by atoms with Crippen molar-refractivity contribution in [1.82, 2.24) is 15.1 Å². The van der Waals surface area contributed by atoms with Gasteiger partial charge in [-0.3, -0.25) is 19.4 Å².